The monoisotopic (exact) mass is 436 g/mol. The van der Waals surface area contributed by atoms with Gasteiger partial charge in [0.25, 0.3) is 0 Å². The Kier molecular flexibility index (Phi) is 5.91. The molecular formula is C25H28N2O5. The second-order valence-electron chi connectivity index (χ2n) is 8.64. The molecule has 0 aliphatic heterocycles. The molecule has 1 fully saturated rings. The van der Waals surface area contributed by atoms with Crippen LogP contribution in [0.1, 0.15) is 43.7 Å². The first-order chi connectivity index (χ1) is 15.3. The van der Waals surface area contributed by atoms with Crippen LogP contribution in [0.2, 0.25) is 0 Å². The van der Waals surface area contributed by atoms with Crippen LogP contribution in [0, 0.1) is 5.92 Å². The van der Waals surface area contributed by atoms with Gasteiger partial charge in [-0.15, -0.1) is 0 Å². The molecule has 0 bridgehead atoms. The molecule has 1 atom stereocenters. The predicted molar refractivity (Wildman–Crippen MR) is 119 cm³/mol. The fourth-order valence-corrected chi connectivity index (χ4v) is 4.66. The number of nitrogens with zero attached hydrogens (tertiary/aromatic N) is 1. The smallest absolute Gasteiger partial charge is 0.408 e. The number of carboxylic acids is 1. The molecule has 0 saturated heterocycles. The lowest BCUT2D eigenvalue weighted by molar-refractivity contribution is -0.147. The third-order valence-electron chi connectivity index (χ3n) is 6.54. The van der Waals surface area contributed by atoms with E-state index in [4.69, 9.17) is 9.84 Å². The van der Waals surface area contributed by atoms with Crippen LogP contribution >= 0.6 is 0 Å². The van der Waals surface area contributed by atoms with Crippen LogP contribution in [0.15, 0.2) is 48.5 Å². The first-order valence-electron chi connectivity index (χ1n) is 11.0. The SMILES string of the molecule is CCN(CC(=O)O)C(=O)C(C)(NC(=O)OCC1c2ccccc2-c2ccccc21)C1CC1. The minimum Gasteiger partial charge on any atom is -0.480 e. The molecule has 4 rings (SSSR count). The van der Waals surface area contributed by atoms with E-state index < -0.39 is 30.1 Å². The number of amides is 2. The van der Waals surface area contributed by atoms with Gasteiger partial charge in [-0.2, -0.15) is 0 Å². The van der Waals surface area contributed by atoms with Gasteiger partial charge >= 0.3 is 12.1 Å². The summed E-state index contributed by atoms with van der Waals surface area (Å²) in [6, 6.07) is 16.2. The summed E-state index contributed by atoms with van der Waals surface area (Å²) in [5, 5.41) is 11.9. The molecule has 0 heterocycles. The first kappa shape index (κ1) is 21.9. The topological polar surface area (TPSA) is 95.9 Å². The largest absolute Gasteiger partial charge is 0.480 e. The molecule has 0 radical (unpaired) electrons. The number of nitrogens with one attached hydrogen (secondary N) is 1. The van der Waals surface area contributed by atoms with Gasteiger partial charge in [0.1, 0.15) is 18.7 Å². The van der Waals surface area contributed by atoms with Gasteiger partial charge in [0.15, 0.2) is 0 Å². The Bertz CT molecular complexity index is 1000. The highest BCUT2D eigenvalue weighted by Crippen LogP contribution is 2.45. The molecule has 2 aromatic carbocycles. The standard InChI is InChI=1S/C25H28N2O5/c1-3-27(14-22(28)29)23(30)25(2,16-12-13-16)26-24(31)32-15-21-19-10-6-4-8-17(19)18-9-5-7-11-20(18)21/h4-11,16,21H,3,12-15H2,1-2H3,(H,26,31)(H,28,29). The minimum absolute atomic E-state index is 0.0293. The Balaban J connectivity index is 1.47. The van der Waals surface area contributed by atoms with Crippen molar-refractivity contribution >= 4 is 18.0 Å². The summed E-state index contributed by atoms with van der Waals surface area (Å²) in [6.07, 6.45) is 0.938. The van der Waals surface area contributed by atoms with Crippen molar-refractivity contribution in [1.29, 1.82) is 0 Å². The zero-order valence-corrected chi connectivity index (χ0v) is 18.3. The van der Waals surface area contributed by atoms with Crippen molar-refractivity contribution in [2.75, 3.05) is 19.7 Å². The number of hydrogen-bond donors (Lipinski definition) is 2. The molecule has 2 aliphatic carbocycles. The fraction of sp³-hybridized carbons (Fsp3) is 0.400. The van der Waals surface area contributed by atoms with Crippen LogP contribution in [0.4, 0.5) is 4.79 Å². The number of likely N-dealkylation sites (N-methyl/N-ethyl adjacent to an activating group) is 1. The van der Waals surface area contributed by atoms with E-state index in [1.807, 2.05) is 36.4 Å². The van der Waals surface area contributed by atoms with Crippen LogP contribution < -0.4 is 5.32 Å². The Hall–Kier alpha value is -3.35. The molecule has 2 N–H and O–H groups in total. The molecule has 2 aliphatic rings. The van der Waals surface area contributed by atoms with Crippen molar-refractivity contribution in [2.24, 2.45) is 5.92 Å². The van der Waals surface area contributed by atoms with E-state index in [1.54, 1.807) is 13.8 Å². The maximum Gasteiger partial charge on any atom is 0.408 e. The lowest BCUT2D eigenvalue weighted by Crippen LogP contribution is -2.60. The molecule has 2 aromatic rings. The summed E-state index contributed by atoms with van der Waals surface area (Å²) in [6.45, 7) is 3.39. The zero-order chi connectivity index (χ0) is 22.9. The number of carboxylic acid groups (broad SMARTS) is 1. The van der Waals surface area contributed by atoms with E-state index >= 15 is 0 Å². The first-order valence-corrected chi connectivity index (χ1v) is 11.0. The number of fused-ring (bicyclic) bond motifs is 3. The summed E-state index contributed by atoms with van der Waals surface area (Å²) in [7, 11) is 0. The quantitative estimate of drug-likeness (QED) is 0.659. The van der Waals surface area contributed by atoms with Gasteiger partial charge in [-0.3, -0.25) is 9.59 Å². The number of alkyl carbamates (subject to hydrolysis) is 1. The molecule has 7 heteroatoms. The zero-order valence-electron chi connectivity index (χ0n) is 18.3. The Morgan fingerprint density at radius 1 is 1.06 bits per heavy atom. The number of aliphatic carboxylic acids is 1. The second-order valence-corrected chi connectivity index (χ2v) is 8.64. The Morgan fingerprint density at radius 2 is 1.62 bits per heavy atom. The number of benzene rings is 2. The number of hydrogen-bond acceptors (Lipinski definition) is 4. The molecule has 1 saturated carbocycles. The summed E-state index contributed by atoms with van der Waals surface area (Å²) in [4.78, 5) is 38.3. The van der Waals surface area contributed by atoms with Crippen LogP contribution in [0.25, 0.3) is 11.1 Å². The van der Waals surface area contributed by atoms with Gasteiger partial charge in [-0.1, -0.05) is 48.5 Å². The molecule has 0 aromatic heterocycles. The normalized spacial score (nSPS) is 16.4. The van der Waals surface area contributed by atoms with Crippen molar-refractivity contribution < 1.29 is 24.2 Å². The van der Waals surface area contributed by atoms with Gasteiger partial charge < -0.3 is 20.1 Å². The van der Waals surface area contributed by atoms with E-state index in [1.165, 1.54) is 4.90 Å². The molecule has 168 valence electrons. The molecule has 1 unspecified atom stereocenters. The third-order valence-corrected chi connectivity index (χ3v) is 6.54. The average molecular weight is 437 g/mol. The summed E-state index contributed by atoms with van der Waals surface area (Å²) in [5.41, 5.74) is 3.32. The Labute approximate surface area is 187 Å². The van der Waals surface area contributed by atoms with E-state index in [2.05, 4.69) is 17.4 Å². The Morgan fingerprint density at radius 3 is 2.12 bits per heavy atom. The highest BCUT2D eigenvalue weighted by molar-refractivity contribution is 5.92. The minimum atomic E-state index is -1.19. The van der Waals surface area contributed by atoms with E-state index in [0.717, 1.165) is 35.1 Å². The van der Waals surface area contributed by atoms with E-state index in [9.17, 15) is 14.4 Å². The summed E-state index contributed by atoms with van der Waals surface area (Å²) < 4.78 is 5.62. The predicted octanol–water partition coefficient (Wildman–Crippen LogP) is 3.63. The highest BCUT2D eigenvalue weighted by Gasteiger charge is 2.50. The maximum absolute atomic E-state index is 13.1. The van der Waals surface area contributed by atoms with Crippen molar-refractivity contribution in [3.8, 4) is 11.1 Å². The van der Waals surface area contributed by atoms with Gasteiger partial charge in [0.2, 0.25) is 5.91 Å². The summed E-state index contributed by atoms with van der Waals surface area (Å²) in [5.74, 6) is -1.58. The van der Waals surface area contributed by atoms with Crippen LogP contribution in [-0.2, 0) is 14.3 Å². The maximum atomic E-state index is 13.1. The van der Waals surface area contributed by atoms with Gasteiger partial charge in [-0.05, 0) is 54.9 Å². The molecule has 7 nitrogen and oxygen atoms in total. The molecule has 0 spiro atoms. The molecule has 32 heavy (non-hydrogen) atoms. The van der Waals surface area contributed by atoms with Crippen molar-refractivity contribution in [1.82, 2.24) is 10.2 Å². The number of carbonyl (C=O) groups excluding carboxylic acids is 2. The molecule has 2 amide bonds. The molecular weight excluding hydrogens is 408 g/mol. The second kappa shape index (κ2) is 8.65. The van der Waals surface area contributed by atoms with Crippen molar-refractivity contribution in [3.05, 3.63) is 59.7 Å². The number of ether oxygens (including phenoxy) is 1. The van der Waals surface area contributed by atoms with Gasteiger partial charge in [0, 0.05) is 12.5 Å². The number of carbonyl (C=O) groups is 3. The van der Waals surface area contributed by atoms with Gasteiger partial charge in [-0.25, -0.2) is 4.79 Å². The van der Waals surface area contributed by atoms with Crippen LogP contribution in [0.5, 0.6) is 0 Å². The number of rotatable bonds is 8. The fourth-order valence-electron chi connectivity index (χ4n) is 4.66. The van der Waals surface area contributed by atoms with Crippen molar-refractivity contribution in [2.45, 2.75) is 38.1 Å². The lowest BCUT2D eigenvalue weighted by Gasteiger charge is -2.34. The average Bonchev–Trinajstić information content (AvgIpc) is 3.59. The van der Waals surface area contributed by atoms with Crippen molar-refractivity contribution in [3.63, 3.8) is 0 Å². The third kappa shape index (κ3) is 4.07. The lowest BCUT2D eigenvalue weighted by atomic mass is 9.93. The van der Waals surface area contributed by atoms with Crippen LogP contribution in [-0.4, -0.2) is 53.2 Å². The van der Waals surface area contributed by atoms with Gasteiger partial charge in [0.05, 0.1) is 0 Å². The van der Waals surface area contributed by atoms with Crippen LogP contribution in [0.3, 0.4) is 0 Å². The highest BCUT2D eigenvalue weighted by atomic mass is 16.5. The summed E-state index contributed by atoms with van der Waals surface area (Å²) >= 11 is 0. The van der Waals surface area contributed by atoms with E-state index in [0.29, 0.717) is 0 Å². The van der Waals surface area contributed by atoms with E-state index in [-0.39, 0.29) is 25.0 Å².